The van der Waals surface area contributed by atoms with Crippen LogP contribution in [0.3, 0.4) is 0 Å². The summed E-state index contributed by atoms with van der Waals surface area (Å²) in [4.78, 5) is 0. The van der Waals surface area contributed by atoms with Gasteiger partial charge in [-0.2, -0.15) is 0 Å². The van der Waals surface area contributed by atoms with Crippen molar-refractivity contribution in [1.29, 1.82) is 0 Å². The van der Waals surface area contributed by atoms with Gasteiger partial charge in [0.25, 0.3) is 0 Å². The molecule has 0 radical (unpaired) electrons. The number of para-hydroxylation sites is 1. The lowest BCUT2D eigenvalue weighted by Crippen LogP contribution is -1.98. The molecule has 5 heteroatoms. The zero-order chi connectivity index (χ0) is 20.7. The number of imidazole rings is 1. The number of aromatic nitrogens is 2. The van der Waals surface area contributed by atoms with E-state index in [1.54, 1.807) is 0 Å². The van der Waals surface area contributed by atoms with Gasteiger partial charge in [-0.1, -0.05) is 29.8 Å². The van der Waals surface area contributed by atoms with E-state index in [0.717, 1.165) is 54.5 Å². The molecule has 6 rings (SSSR count). The first kappa shape index (κ1) is 18.1. The molecule has 0 amide bonds. The quantitative estimate of drug-likeness (QED) is 0.234. The van der Waals surface area contributed by atoms with Gasteiger partial charge in [0.15, 0.2) is 5.58 Å². The highest BCUT2D eigenvalue weighted by atomic mass is 79.9. The summed E-state index contributed by atoms with van der Waals surface area (Å²) in [5.74, 6) is 0. The van der Waals surface area contributed by atoms with Crippen molar-refractivity contribution >= 4 is 66.3 Å². The van der Waals surface area contributed by atoms with Crippen molar-refractivity contribution in [2.45, 2.75) is 20.8 Å². The molecule has 0 saturated carbocycles. The van der Waals surface area contributed by atoms with Crippen molar-refractivity contribution in [2.75, 3.05) is 0 Å². The maximum Gasteiger partial charge on any atom is 0.155 e. The average Bonchev–Trinajstić information content (AvgIpc) is 3.31. The first-order valence-electron chi connectivity index (χ1n) is 9.84. The molecule has 0 bridgehead atoms. The number of hydrogen-bond acceptors (Lipinski definition) is 1. The molecule has 0 fully saturated rings. The Morgan fingerprint density at radius 1 is 0.867 bits per heavy atom. The highest BCUT2D eigenvalue weighted by Gasteiger charge is 2.23. The number of rotatable bonds is 1. The molecule has 3 heterocycles. The highest BCUT2D eigenvalue weighted by Crippen LogP contribution is 2.40. The van der Waals surface area contributed by atoms with Crippen molar-refractivity contribution in [1.82, 2.24) is 8.97 Å². The zero-order valence-corrected chi connectivity index (χ0v) is 19.1. The summed E-state index contributed by atoms with van der Waals surface area (Å²) < 4.78 is 11.7. The van der Waals surface area contributed by atoms with Gasteiger partial charge < -0.3 is 4.42 Å². The first-order chi connectivity index (χ1) is 14.4. The zero-order valence-electron chi connectivity index (χ0n) is 16.8. The number of halogens is 2. The Morgan fingerprint density at radius 2 is 1.63 bits per heavy atom. The van der Waals surface area contributed by atoms with E-state index in [0.29, 0.717) is 5.02 Å². The molecule has 3 aromatic carbocycles. The summed E-state index contributed by atoms with van der Waals surface area (Å²) in [5, 5.41) is 1.81. The number of benzene rings is 3. The van der Waals surface area contributed by atoms with Crippen LogP contribution in [0.5, 0.6) is 0 Å². The van der Waals surface area contributed by atoms with E-state index in [2.05, 4.69) is 82.1 Å². The van der Waals surface area contributed by atoms with E-state index in [1.165, 1.54) is 11.1 Å². The van der Waals surface area contributed by atoms with Crippen molar-refractivity contribution in [2.24, 2.45) is 0 Å². The summed E-state index contributed by atoms with van der Waals surface area (Å²) in [7, 11) is 0. The maximum atomic E-state index is 6.81. The second kappa shape index (κ2) is 6.16. The van der Waals surface area contributed by atoms with Gasteiger partial charge in [0.05, 0.1) is 21.7 Å². The van der Waals surface area contributed by atoms with Gasteiger partial charge in [0.1, 0.15) is 16.7 Å². The molecule has 0 saturated heterocycles. The monoisotopic (exact) mass is 476 g/mol. The van der Waals surface area contributed by atoms with Crippen molar-refractivity contribution in [3.8, 4) is 5.69 Å². The topological polar surface area (TPSA) is 22.5 Å². The third-order valence-corrected chi connectivity index (χ3v) is 7.07. The lowest BCUT2D eigenvalue weighted by molar-refractivity contribution is 0.669. The van der Waals surface area contributed by atoms with Crippen LogP contribution in [0, 0.1) is 20.8 Å². The molecule has 6 aromatic rings. The first-order valence-corrected chi connectivity index (χ1v) is 11.0. The number of furan rings is 1. The minimum Gasteiger partial charge on any atom is -0.454 e. The Balaban J connectivity index is 1.91. The molecule has 0 aliphatic heterocycles. The molecule has 0 unspecified atom stereocenters. The van der Waals surface area contributed by atoms with Crippen molar-refractivity contribution < 1.29 is 4.42 Å². The van der Waals surface area contributed by atoms with Crippen LogP contribution in [-0.2, 0) is 0 Å². The summed E-state index contributed by atoms with van der Waals surface area (Å²) >= 11 is 10.4. The van der Waals surface area contributed by atoms with Gasteiger partial charge in [-0.05, 0) is 83.7 Å². The SMILES string of the molecule is Cc1cc(Br)c(Cl)c(-n2c3c(C)cc(C)cc3n3c4c(cc23)oc2ccccc24)c1. The predicted molar refractivity (Wildman–Crippen MR) is 128 cm³/mol. The lowest BCUT2D eigenvalue weighted by atomic mass is 10.1. The summed E-state index contributed by atoms with van der Waals surface area (Å²) in [6, 6.07) is 19.0. The minimum atomic E-state index is 0.697. The van der Waals surface area contributed by atoms with E-state index < -0.39 is 0 Å². The van der Waals surface area contributed by atoms with Crippen LogP contribution in [-0.4, -0.2) is 8.97 Å². The van der Waals surface area contributed by atoms with Crippen molar-refractivity contribution in [3.63, 3.8) is 0 Å². The molecule has 0 N–H and O–H groups in total. The Kier molecular flexibility index (Phi) is 3.72. The van der Waals surface area contributed by atoms with Crippen LogP contribution in [0.4, 0.5) is 0 Å². The fraction of sp³-hybridized carbons (Fsp3) is 0.120. The molecular formula is C25H18BrClN2O. The number of aryl methyl sites for hydroxylation is 3. The molecule has 148 valence electrons. The van der Waals surface area contributed by atoms with Gasteiger partial charge >= 0.3 is 0 Å². The summed E-state index contributed by atoms with van der Waals surface area (Å²) in [6.07, 6.45) is 0. The van der Waals surface area contributed by atoms with Gasteiger partial charge in [0.2, 0.25) is 0 Å². The smallest absolute Gasteiger partial charge is 0.155 e. The molecule has 3 aromatic heterocycles. The van der Waals surface area contributed by atoms with Gasteiger partial charge in [-0.3, -0.25) is 8.97 Å². The van der Waals surface area contributed by atoms with Crippen LogP contribution in [0.15, 0.2) is 63.5 Å². The Morgan fingerprint density at radius 3 is 2.47 bits per heavy atom. The number of fused-ring (bicyclic) bond motifs is 7. The number of nitrogens with zero attached hydrogens (tertiary/aromatic N) is 2. The second-order valence-corrected chi connectivity index (χ2v) is 9.25. The average molecular weight is 478 g/mol. The van der Waals surface area contributed by atoms with E-state index in [-0.39, 0.29) is 0 Å². The van der Waals surface area contributed by atoms with E-state index in [1.807, 2.05) is 18.2 Å². The lowest BCUT2D eigenvalue weighted by Gasteiger charge is -2.12. The minimum absolute atomic E-state index is 0.697. The number of hydrogen-bond donors (Lipinski definition) is 0. The second-order valence-electron chi connectivity index (χ2n) is 8.01. The largest absolute Gasteiger partial charge is 0.454 e. The fourth-order valence-electron chi connectivity index (χ4n) is 4.71. The van der Waals surface area contributed by atoms with Gasteiger partial charge in [-0.25, -0.2) is 0 Å². The summed E-state index contributed by atoms with van der Waals surface area (Å²) in [6.45, 7) is 6.39. The van der Waals surface area contributed by atoms with Crippen LogP contribution < -0.4 is 0 Å². The maximum absolute atomic E-state index is 6.81. The molecule has 3 nitrogen and oxygen atoms in total. The van der Waals surface area contributed by atoms with E-state index in [9.17, 15) is 0 Å². The Bertz CT molecular complexity index is 1650. The van der Waals surface area contributed by atoms with Crippen LogP contribution >= 0.6 is 27.5 Å². The molecule has 0 atom stereocenters. The third-order valence-electron chi connectivity index (χ3n) is 5.82. The molecule has 0 aliphatic carbocycles. The molecular weight excluding hydrogens is 460 g/mol. The van der Waals surface area contributed by atoms with Gasteiger partial charge in [-0.15, -0.1) is 0 Å². The summed E-state index contributed by atoms with van der Waals surface area (Å²) in [5.41, 5.74) is 10.8. The molecule has 30 heavy (non-hydrogen) atoms. The van der Waals surface area contributed by atoms with Crippen LogP contribution in [0.2, 0.25) is 5.02 Å². The third kappa shape index (κ3) is 2.32. The standard InChI is InChI=1S/C25H18BrClN2O/c1-13-8-15(3)24-19(11-13)29-22(28(24)18-10-14(2)9-17(26)23(18)27)12-21-25(29)16-6-4-5-7-20(16)30-21/h4-12H,1-3H3. The van der Waals surface area contributed by atoms with Crippen LogP contribution in [0.1, 0.15) is 16.7 Å². The Hall–Kier alpha value is -2.69. The Labute approximate surface area is 186 Å². The van der Waals surface area contributed by atoms with Crippen LogP contribution in [0.25, 0.3) is 44.4 Å². The predicted octanol–water partition coefficient (Wildman–Crippen LogP) is 8.12. The van der Waals surface area contributed by atoms with Crippen molar-refractivity contribution in [3.05, 3.63) is 80.8 Å². The fourth-order valence-corrected chi connectivity index (χ4v) is 5.47. The molecule has 0 spiro atoms. The van der Waals surface area contributed by atoms with E-state index >= 15 is 0 Å². The van der Waals surface area contributed by atoms with E-state index in [4.69, 9.17) is 16.0 Å². The molecule has 0 aliphatic rings. The highest BCUT2D eigenvalue weighted by molar-refractivity contribution is 9.10. The normalized spacial score (nSPS) is 12.2. The van der Waals surface area contributed by atoms with Gasteiger partial charge in [0, 0.05) is 15.9 Å².